The van der Waals surface area contributed by atoms with E-state index in [-0.39, 0.29) is 11.5 Å². The topological polar surface area (TPSA) is 56.8 Å². The molecule has 1 saturated heterocycles. The zero-order valence-corrected chi connectivity index (χ0v) is 17.3. The Hall–Kier alpha value is -2.21. The van der Waals surface area contributed by atoms with E-state index >= 15 is 0 Å². The Morgan fingerprint density at radius 2 is 1.74 bits per heavy atom. The molecule has 6 nitrogen and oxygen atoms in total. The molecule has 1 aromatic rings. The van der Waals surface area contributed by atoms with Gasteiger partial charge in [0.1, 0.15) is 5.60 Å². The van der Waals surface area contributed by atoms with Crippen molar-refractivity contribution in [1.29, 1.82) is 0 Å². The third-order valence-electron chi connectivity index (χ3n) is 4.54. The molecule has 2 aliphatic rings. The summed E-state index contributed by atoms with van der Waals surface area (Å²) >= 11 is 0. The van der Waals surface area contributed by atoms with E-state index in [1.807, 2.05) is 27.0 Å². The van der Waals surface area contributed by atoms with Crippen molar-refractivity contribution in [2.45, 2.75) is 53.1 Å². The number of ether oxygens (including phenoxy) is 1. The van der Waals surface area contributed by atoms with Crippen LogP contribution in [0.25, 0.3) is 5.70 Å². The second kappa shape index (κ2) is 7.08. The van der Waals surface area contributed by atoms with Gasteiger partial charge >= 0.3 is 6.09 Å². The standard InChI is InChI=1S/C21H32N4O2/c1-20(2,3)14-25-18(11-22-23-25)16-9-7-15(8-10-16)17-12-24(13-17)19(26)27-21(4,5)6/h7-11,17,22-23H,12-14H2,1-6H3. The summed E-state index contributed by atoms with van der Waals surface area (Å²) in [6.07, 6.45) is 1.77. The van der Waals surface area contributed by atoms with Crippen molar-refractivity contribution in [1.82, 2.24) is 20.9 Å². The maximum Gasteiger partial charge on any atom is 0.410 e. The van der Waals surface area contributed by atoms with Crippen LogP contribution in [0.4, 0.5) is 4.79 Å². The zero-order valence-electron chi connectivity index (χ0n) is 17.3. The maximum absolute atomic E-state index is 12.1. The van der Waals surface area contributed by atoms with Crippen LogP contribution >= 0.6 is 0 Å². The first-order valence-electron chi connectivity index (χ1n) is 9.59. The lowest BCUT2D eigenvalue weighted by molar-refractivity contribution is 0.00819. The van der Waals surface area contributed by atoms with Crippen molar-refractivity contribution >= 4 is 11.8 Å². The molecule has 2 N–H and O–H groups in total. The minimum absolute atomic E-state index is 0.190. The number of nitrogens with zero attached hydrogens (tertiary/aromatic N) is 2. The van der Waals surface area contributed by atoms with Crippen LogP contribution < -0.4 is 11.0 Å². The van der Waals surface area contributed by atoms with Crippen LogP contribution in [0.1, 0.15) is 58.6 Å². The fourth-order valence-corrected chi connectivity index (χ4v) is 3.25. The fourth-order valence-electron chi connectivity index (χ4n) is 3.25. The van der Waals surface area contributed by atoms with E-state index in [9.17, 15) is 4.79 Å². The molecular weight excluding hydrogens is 340 g/mol. The van der Waals surface area contributed by atoms with E-state index in [1.165, 1.54) is 11.1 Å². The number of hydrazine groups is 2. The number of nitrogens with one attached hydrogen (secondary N) is 2. The highest BCUT2D eigenvalue weighted by Gasteiger charge is 2.34. The number of hydrogen-bond acceptors (Lipinski definition) is 5. The van der Waals surface area contributed by atoms with Gasteiger partial charge in [0, 0.05) is 37.3 Å². The Bertz CT molecular complexity index is 707. The van der Waals surface area contributed by atoms with Gasteiger partial charge in [0.25, 0.3) is 0 Å². The summed E-state index contributed by atoms with van der Waals surface area (Å²) in [5, 5.41) is 2.14. The second-order valence-electron chi connectivity index (χ2n) is 9.64. The lowest BCUT2D eigenvalue weighted by Crippen LogP contribution is -2.50. The highest BCUT2D eigenvalue weighted by Crippen LogP contribution is 2.30. The number of amides is 1. The van der Waals surface area contributed by atoms with Crippen molar-refractivity contribution < 1.29 is 9.53 Å². The molecule has 6 heteroatoms. The third kappa shape index (κ3) is 4.95. The van der Waals surface area contributed by atoms with Crippen molar-refractivity contribution in [3.05, 3.63) is 41.6 Å². The molecule has 0 atom stereocenters. The molecule has 0 saturated carbocycles. The molecule has 148 valence electrons. The Kier molecular flexibility index (Phi) is 5.12. The maximum atomic E-state index is 12.1. The summed E-state index contributed by atoms with van der Waals surface area (Å²) < 4.78 is 5.42. The molecule has 0 radical (unpaired) electrons. The summed E-state index contributed by atoms with van der Waals surface area (Å²) in [7, 11) is 0. The minimum atomic E-state index is -0.445. The number of hydrogen-bond donors (Lipinski definition) is 2. The van der Waals surface area contributed by atoms with Crippen molar-refractivity contribution in [2.75, 3.05) is 19.6 Å². The molecule has 0 aromatic heterocycles. The summed E-state index contributed by atoms with van der Waals surface area (Å²) in [5.74, 6) is 0.381. The molecule has 2 aliphatic heterocycles. The molecule has 0 spiro atoms. The van der Waals surface area contributed by atoms with Crippen LogP contribution in [0.2, 0.25) is 0 Å². The Morgan fingerprint density at radius 3 is 2.30 bits per heavy atom. The van der Waals surface area contributed by atoms with Crippen LogP contribution in [0, 0.1) is 5.41 Å². The molecule has 0 unspecified atom stereocenters. The van der Waals surface area contributed by atoms with Gasteiger partial charge in [0.2, 0.25) is 0 Å². The number of benzene rings is 1. The van der Waals surface area contributed by atoms with Gasteiger partial charge in [0.15, 0.2) is 0 Å². The fraction of sp³-hybridized carbons (Fsp3) is 0.571. The van der Waals surface area contributed by atoms with E-state index < -0.39 is 5.60 Å². The normalized spacial score (nSPS) is 18.1. The smallest absolute Gasteiger partial charge is 0.410 e. The van der Waals surface area contributed by atoms with E-state index in [4.69, 9.17) is 4.74 Å². The number of carbonyl (C=O) groups is 1. The summed E-state index contributed by atoms with van der Waals surface area (Å²) in [4.78, 5) is 13.8. The van der Waals surface area contributed by atoms with Crippen molar-refractivity contribution in [3.63, 3.8) is 0 Å². The van der Waals surface area contributed by atoms with Gasteiger partial charge in [-0.1, -0.05) is 45.0 Å². The summed E-state index contributed by atoms with van der Waals surface area (Å²) in [6.45, 7) is 14.7. The average Bonchev–Trinajstić information content (AvgIpc) is 2.90. The first-order valence-corrected chi connectivity index (χ1v) is 9.59. The molecule has 1 amide bonds. The highest BCUT2D eigenvalue weighted by molar-refractivity contribution is 5.70. The van der Waals surface area contributed by atoms with Gasteiger partial charge in [-0.3, -0.25) is 5.01 Å². The van der Waals surface area contributed by atoms with Gasteiger partial charge < -0.3 is 15.1 Å². The van der Waals surface area contributed by atoms with Gasteiger partial charge in [-0.25, -0.2) is 4.79 Å². The van der Waals surface area contributed by atoms with Crippen LogP contribution in [-0.4, -0.2) is 41.2 Å². The van der Waals surface area contributed by atoms with Gasteiger partial charge in [0.05, 0.1) is 5.70 Å². The second-order valence-corrected chi connectivity index (χ2v) is 9.64. The molecule has 1 aromatic carbocycles. The monoisotopic (exact) mass is 372 g/mol. The van der Waals surface area contributed by atoms with E-state index in [0.717, 1.165) is 25.3 Å². The molecule has 3 rings (SSSR count). The van der Waals surface area contributed by atoms with Gasteiger partial charge in [-0.05, 0) is 31.7 Å². The molecule has 0 aliphatic carbocycles. The number of rotatable bonds is 3. The number of carbonyl (C=O) groups excluding carboxylic acids is 1. The molecule has 27 heavy (non-hydrogen) atoms. The van der Waals surface area contributed by atoms with E-state index in [1.54, 1.807) is 4.90 Å². The molecule has 0 bridgehead atoms. The molecule has 2 heterocycles. The minimum Gasteiger partial charge on any atom is -0.444 e. The SMILES string of the molecule is CC(C)(C)CN1NNC=C1c1ccc(C2CN(C(=O)OC(C)(C)C)C2)cc1. The lowest BCUT2D eigenvalue weighted by atomic mass is 9.91. The summed E-state index contributed by atoms with van der Waals surface area (Å²) in [5.41, 5.74) is 9.61. The van der Waals surface area contributed by atoms with Crippen LogP contribution in [0.3, 0.4) is 0 Å². The third-order valence-corrected chi connectivity index (χ3v) is 4.54. The predicted molar refractivity (Wildman–Crippen MR) is 107 cm³/mol. The Balaban J connectivity index is 1.58. The molecular formula is C21H32N4O2. The Morgan fingerprint density at radius 1 is 1.11 bits per heavy atom. The van der Waals surface area contributed by atoms with Crippen LogP contribution in [0.5, 0.6) is 0 Å². The van der Waals surface area contributed by atoms with Crippen molar-refractivity contribution in [3.8, 4) is 0 Å². The summed E-state index contributed by atoms with van der Waals surface area (Å²) in [6, 6.07) is 8.64. The highest BCUT2D eigenvalue weighted by atomic mass is 16.6. The van der Waals surface area contributed by atoms with Gasteiger partial charge in [-0.2, -0.15) is 0 Å². The largest absolute Gasteiger partial charge is 0.444 e. The zero-order chi connectivity index (χ0) is 19.8. The van der Waals surface area contributed by atoms with E-state index in [2.05, 4.69) is 61.0 Å². The predicted octanol–water partition coefficient (Wildman–Crippen LogP) is 3.69. The molecule has 1 fully saturated rings. The first-order chi connectivity index (χ1) is 12.5. The van der Waals surface area contributed by atoms with Crippen LogP contribution in [0.15, 0.2) is 30.5 Å². The van der Waals surface area contributed by atoms with E-state index in [0.29, 0.717) is 5.92 Å². The average molecular weight is 373 g/mol. The quantitative estimate of drug-likeness (QED) is 0.847. The first kappa shape index (κ1) is 19.5. The van der Waals surface area contributed by atoms with Gasteiger partial charge in [-0.15, -0.1) is 5.53 Å². The number of likely N-dealkylation sites (tertiary alicyclic amines) is 1. The van der Waals surface area contributed by atoms with Crippen LogP contribution in [-0.2, 0) is 4.74 Å². The van der Waals surface area contributed by atoms with Crippen molar-refractivity contribution in [2.24, 2.45) is 5.41 Å². The lowest BCUT2D eigenvalue weighted by Gasteiger charge is -2.40. The Labute approximate surface area is 162 Å².